The molecule has 0 spiro atoms. The smallest absolute Gasteiger partial charge is 0.413 e. The fraction of sp³-hybridized carbons (Fsp3) is 0. The summed E-state index contributed by atoms with van der Waals surface area (Å²) in [6.45, 7) is 2.93. The van der Waals surface area contributed by atoms with Gasteiger partial charge >= 0.3 is 7.82 Å². The molecule has 0 rings (SSSR count). The van der Waals surface area contributed by atoms with Crippen molar-refractivity contribution < 1.29 is 35.9 Å². The van der Waals surface area contributed by atoms with Crippen LogP contribution in [0.25, 0.3) is 0 Å². The van der Waals surface area contributed by atoms with Crippen LogP contribution < -0.4 is 0 Å². The van der Waals surface area contributed by atoms with Crippen LogP contribution in [0, 0.1) is 0 Å². The van der Waals surface area contributed by atoms with Crippen LogP contribution in [-0.2, 0) is 26.2 Å². The number of hydrogen-bond donors (Lipinski definition) is 2. The summed E-state index contributed by atoms with van der Waals surface area (Å²) in [4.78, 5) is 15.7. The van der Waals surface area contributed by atoms with Gasteiger partial charge in [0.1, 0.15) is 0 Å². The molecule has 0 saturated carbocycles. The second-order valence-electron chi connectivity index (χ2n) is 0.763. The van der Waals surface area contributed by atoms with Crippen LogP contribution in [0.1, 0.15) is 0 Å². The summed E-state index contributed by atoms with van der Waals surface area (Å²) < 4.78 is 13.3. The van der Waals surface area contributed by atoms with E-state index in [-0.39, 0.29) is 17.1 Å². The van der Waals surface area contributed by atoms with E-state index in [4.69, 9.17) is 9.79 Å². The molecule has 0 fully saturated rings. The van der Waals surface area contributed by atoms with Crippen molar-refractivity contribution in [3.8, 4) is 0 Å². The zero-order valence-corrected chi connectivity index (χ0v) is 5.58. The van der Waals surface area contributed by atoms with Crippen LogP contribution in [0.15, 0.2) is 12.8 Å². The van der Waals surface area contributed by atoms with Gasteiger partial charge in [0.05, 0.1) is 6.26 Å². The average molecular weight is 188 g/mol. The van der Waals surface area contributed by atoms with E-state index in [1.807, 2.05) is 0 Å². The van der Waals surface area contributed by atoms with E-state index in [1.165, 1.54) is 0 Å². The van der Waals surface area contributed by atoms with Gasteiger partial charge < -0.3 is 4.52 Å². The standard InChI is InChI=1S/C2H5O4P.Cu/c1-2-6-7(3,4)5;/h2H,1H2,(H2,3,4,5);. The normalized spacial score (nSPS) is 9.25. The van der Waals surface area contributed by atoms with E-state index in [2.05, 4.69) is 11.1 Å². The molecule has 6 heteroatoms. The third-order valence-corrected chi connectivity index (χ3v) is 0.636. The molecule has 4 nitrogen and oxygen atoms in total. The van der Waals surface area contributed by atoms with Crippen molar-refractivity contribution in [1.82, 2.24) is 0 Å². The van der Waals surface area contributed by atoms with Crippen LogP contribution >= 0.6 is 7.82 Å². The Morgan fingerprint density at radius 1 is 1.62 bits per heavy atom. The minimum Gasteiger partial charge on any atom is -0.413 e. The summed E-state index contributed by atoms with van der Waals surface area (Å²) in [5.41, 5.74) is 0. The molecule has 0 bridgehead atoms. The van der Waals surface area contributed by atoms with Crippen LogP contribution in [0.5, 0.6) is 0 Å². The summed E-state index contributed by atoms with van der Waals surface area (Å²) in [6.07, 6.45) is 0.695. The zero-order valence-electron chi connectivity index (χ0n) is 3.74. The van der Waals surface area contributed by atoms with Gasteiger partial charge in [-0.05, 0) is 0 Å². The molecule has 0 aliphatic heterocycles. The minimum atomic E-state index is -4.28. The molecule has 53 valence electrons. The molecule has 0 aromatic rings. The molecule has 0 heterocycles. The fourth-order valence-corrected chi connectivity index (χ4v) is 0.291. The topological polar surface area (TPSA) is 66.8 Å². The van der Waals surface area contributed by atoms with Crippen LogP contribution in [0.2, 0.25) is 0 Å². The maximum Gasteiger partial charge on any atom is 0.524 e. The molecule has 8 heavy (non-hydrogen) atoms. The maximum atomic E-state index is 9.63. The Morgan fingerprint density at radius 2 is 2.00 bits per heavy atom. The monoisotopic (exact) mass is 187 g/mol. The van der Waals surface area contributed by atoms with Gasteiger partial charge in [0.15, 0.2) is 0 Å². The summed E-state index contributed by atoms with van der Waals surface area (Å²) in [5, 5.41) is 0. The summed E-state index contributed by atoms with van der Waals surface area (Å²) >= 11 is 0. The van der Waals surface area contributed by atoms with Gasteiger partial charge in [-0.3, -0.25) is 9.79 Å². The van der Waals surface area contributed by atoms with E-state index in [1.54, 1.807) is 0 Å². The van der Waals surface area contributed by atoms with Crippen molar-refractivity contribution >= 4 is 7.82 Å². The van der Waals surface area contributed by atoms with Gasteiger partial charge in [-0.1, -0.05) is 6.58 Å². The molecule has 1 radical (unpaired) electrons. The number of rotatable bonds is 2. The molecular weight excluding hydrogens is 183 g/mol. The van der Waals surface area contributed by atoms with Crippen LogP contribution in [0.3, 0.4) is 0 Å². The van der Waals surface area contributed by atoms with Crippen molar-refractivity contribution in [3.05, 3.63) is 12.8 Å². The minimum absolute atomic E-state index is 0. The summed E-state index contributed by atoms with van der Waals surface area (Å²) in [7, 11) is -4.28. The second kappa shape index (κ2) is 4.12. The molecule has 0 atom stereocenters. The Labute approximate surface area is 57.3 Å². The van der Waals surface area contributed by atoms with Crippen molar-refractivity contribution in [1.29, 1.82) is 0 Å². The molecule has 0 aromatic carbocycles. The molecule has 0 amide bonds. The number of hydrogen-bond acceptors (Lipinski definition) is 2. The quantitative estimate of drug-likeness (QED) is 0.369. The molecule has 0 aromatic heterocycles. The van der Waals surface area contributed by atoms with Crippen LogP contribution in [-0.4, -0.2) is 9.79 Å². The summed E-state index contributed by atoms with van der Waals surface area (Å²) in [6, 6.07) is 0. The first kappa shape index (κ1) is 11.1. The molecule has 2 N–H and O–H groups in total. The third kappa shape index (κ3) is 9.51. The van der Waals surface area contributed by atoms with Gasteiger partial charge in [0, 0.05) is 17.1 Å². The van der Waals surface area contributed by atoms with Gasteiger partial charge in [0.2, 0.25) is 0 Å². The first-order valence-corrected chi connectivity index (χ1v) is 2.94. The number of phosphoric acid groups is 1. The number of phosphoric ester groups is 1. The van der Waals surface area contributed by atoms with E-state index in [0.717, 1.165) is 0 Å². The van der Waals surface area contributed by atoms with Crippen molar-refractivity contribution in [2.45, 2.75) is 0 Å². The average Bonchev–Trinajstić information content (AvgIpc) is 1.30. The van der Waals surface area contributed by atoms with E-state index in [0.29, 0.717) is 6.26 Å². The molecule has 0 unspecified atom stereocenters. The van der Waals surface area contributed by atoms with E-state index < -0.39 is 7.82 Å². The third-order valence-electron chi connectivity index (χ3n) is 0.212. The van der Waals surface area contributed by atoms with E-state index in [9.17, 15) is 4.57 Å². The summed E-state index contributed by atoms with van der Waals surface area (Å²) in [5.74, 6) is 0. The Kier molecular flexibility index (Phi) is 5.71. The van der Waals surface area contributed by atoms with Crippen molar-refractivity contribution in [2.24, 2.45) is 0 Å². The largest absolute Gasteiger partial charge is 0.524 e. The Balaban J connectivity index is 0. The fourth-order valence-electron chi connectivity index (χ4n) is 0.0971. The van der Waals surface area contributed by atoms with Gasteiger partial charge in [-0.25, -0.2) is 4.57 Å². The molecular formula is C2H5CuO4P. The SMILES string of the molecule is C=COP(=O)(O)O.[Cu]. The Morgan fingerprint density at radius 3 is 2.00 bits per heavy atom. The maximum absolute atomic E-state index is 9.63. The molecule has 0 saturated heterocycles. The van der Waals surface area contributed by atoms with Gasteiger partial charge in [-0.2, -0.15) is 0 Å². The molecule has 0 aliphatic rings. The Hall–Kier alpha value is 0.209. The van der Waals surface area contributed by atoms with Gasteiger partial charge in [-0.15, -0.1) is 0 Å². The Bertz CT molecular complexity index is 107. The van der Waals surface area contributed by atoms with E-state index >= 15 is 0 Å². The zero-order chi connectivity index (χ0) is 5.91. The second-order valence-corrected chi connectivity index (χ2v) is 1.95. The van der Waals surface area contributed by atoms with Crippen molar-refractivity contribution in [2.75, 3.05) is 0 Å². The first-order valence-electron chi connectivity index (χ1n) is 1.41. The van der Waals surface area contributed by atoms with Crippen LogP contribution in [0.4, 0.5) is 0 Å². The predicted octanol–water partition coefficient (Wildman–Crippen LogP) is 0.237. The predicted molar refractivity (Wildman–Crippen MR) is 23.3 cm³/mol. The van der Waals surface area contributed by atoms with Crippen molar-refractivity contribution in [3.63, 3.8) is 0 Å². The first-order chi connectivity index (χ1) is 3.06. The molecule has 0 aliphatic carbocycles. The van der Waals surface area contributed by atoms with Gasteiger partial charge in [0.25, 0.3) is 0 Å².